The summed E-state index contributed by atoms with van der Waals surface area (Å²) in [4.78, 5) is 16.4. The molecule has 1 N–H and O–H groups in total. The van der Waals surface area contributed by atoms with Crippen molar-refractivity contribution >= 4 is 0 Å². The summed E-state index contributed by atoms with van der Waals surface area (Å²) in [6.45, 7) is 0.0303. The number of aliphatic hydroxyl groups excluding tert-OH is 1. The molecule has 6 heteroatoms. The summed E-state index contributed by atoms with van der Waals surface area (Å²) >= 11 is 0. The average Bonchev–Trinajstić information content (AvgIpc) is 2.48. The van der Waals surface area contributed by atoms with Gasteiger partial charge in [-0.15, -0.1) is 0 Å². The third kappa shape index (κ3) is 3.27. The van der Waals surface area contributed by atoms with E-state index < -0.39 is 11.9 Å². The van der Waals surface area contributed by atoms with Gasteiger partial charge in [0, 0.05) is 12.0 Å². The van der Waals surface area contributed by atoms with Gasteiger partial charge in [0.2, 0.25) is 0 Å². The summed E-state index contributed by atoms with van der Waals surface area (Å²) in [6, 6.07) is 5.78. The third-order valence-corrected chi connectivity index (χ3v) is 4.35. The van der Waals surface area contributed by atoms with Crippen molar-refractivity contribution in [3.63, 3.8) is 0 Å². The Morgan fingerprint density at radius 2 is 2.22 bits per heavy atom. The van der Waals surface area contributed by atoms with Crippen LogP contribution in [0.5, 0.6) is 5.75 Å². The lowest BCUT2D eigenvalue weighted by atomic mass is 9.83. The number of ether oxygens (including phenoxy) is 1. The fourth-order valence-corrected chi connectivity index (χ4v) is 2.69. The van der Waals surface area contributed by atoms with Crippen molar-refractivity contribution < 1.29 is 14.2 Å². The van der Waals surface area contributed by atoms with Gasteiger partial charge in [0.1, 0.15) is 0 Å². The molecule has 3 rings (SSSR count). The Morgan fingerprint density at radius 3 is 2.78 bits per heavy atom. The largest absolute Gasteiger partial charge is 0.494 e. The molecule has 1 unspecified atom stereocenters. The molecular formula is C17H19FN2O3. The quantitative estimate of drug-likeness (QED) is 0.919. The minimum absolute atomic E-state index is 0.0303. The molecule has 1 atom stereocenters. The van der Waals surface area contributed by atoms with Crippen LogP contribution < -0.4 is 10.3 Å². The maximum absolute atomic E-state index is 13.7. The molecule has 122 valence electrons. The Hall–Kier alpha value is -2.21. The zero-order valence-electron chi connectivity index (χ0n) is 12.9. The van der Waals surface area contributed by atoms with Gasteiger partial charge in [-0.05, 0) is 30.5 Å². The van der Waals surface area contributed by atoms with Crippen LogP contribution >= 0.6 is 0 Å². The van der Waals surface area contributed by atoms with Gasteiger partial charge in [0.15, 0.2) is 11.6 Å². The van der Waals surface area contributed by atoms with Crippen LogP contribution in [0.3, 0.4) is 0 Å². The molecule has 1 heterocycles. The third-order valence-electron chi connectivity index (χ3n) is 4.35. The minimum atomic E-state index is -0.996. The minimum Gasteiger partial charge on any atom is -0.494 e. The lowest BCUT2D eigenvalue weighted by Gasteiger charge is -2.24. The van der Waals surface area contributed by atoms with Crippen molar-refractivity contribution in [1.82, 2.24) is 9.55 Å². The van der Waals surface area contributed by atoms with E-state index in [0.717, 1.165) is 18.5 Å². The summed E-state index contributed by atoms with van der Waals surface area (Å²) in [5.74, 6) is -0.0440. The van der Waals surface area contributed by atoms with Gasteiger partial charge in [-0.3, -0.25) is 9.36 Å². The van der Waals surface area contributed by atoms with Gasteiger partial charge in [-0.25, -0.2) is 9.37 Å². The van der Waals surface area contributed by atoms with E-state index in [1.807, 2.05) is 0 Å². The molecule has 0 saturated heterocycles. The predicted molar refractivity (Wildman–Crippen MR) is 83.0 cm³/mol. The number of hydrogen-bond acceptors (Lipinski definition) is 4. The number of rotatable bonds is 5. The van der Waals surface area contributed by atoms with Crippen LogP contribution in [0.4, 0.5) is 4.39 Å². The van der Waals surface area contributed by atoms with E-state index >= 15 is 0 Å². The number of halogens is 1. The van der Waals surface area contributed by atoms with Crippen LogP contribution in [0, 0.1) is 5.82 Å². The second kappa shape index (κ2) is 6.50. The van der Waals surface area contributed by atoms with Crippen molar-refractivity contribution in [1.29, 1.82) is 0 Å². The molecule has 0 bridgehead atoms. The van der Waals surface area contributed by atoms with Crippen LogP contribution in [-0.2, 0) is 6.54 Å². The number of methoxy groups -OCH3 is 1. The first-order valence-corrected chi connectivity index (χ1v) is 7.66. The van der Waals surface area contributed by atoms with Crippen molar-refractivity contribution in [3.8, 4) is 5.75 Å². The summed E-state index contributed by atoms with van der Waals surface area (Å²) in [7, 11) is 1.38. The maximum atomic E-state index is 13.7. The van der Waals surface area contributed by atoms with Crippen molar-refractivity contribution in [2.24, 2.45) is 0 Å². The first kappa shape index (κ1) is 15.7. The fraction of sp³-hybridized carbons (Fsp3) is 0.412. The number of hydrogen-bond donors (Lipinski definition) is 1. The molecule has 1 aliphatic rings. The van der Waals surface area contributed by atoms with Gasteiger partial charge in [-0.2, -0.15) is 0 Å². The number of nitrogens with zero attached hydrogens (tertiary/aromatic N) is 2. The molecule has 1 saturated carbocycles. The van der Waals surface area contributed by atoms with E-state index in [2.05, 4.69) is 4.98 Å². The highest BCUT2D eigenvalue weighted by molar-refractivity contribution is 5.30. The normalized spacial score (nSPS) is 16.0. The lowest BCUT2D eigenvalue weighted by molar-refractivity contribution is 0.154. The second-order valence-corrected chi connectivity index (χ2v) is 5.84. The van der Waals surface area contributed by atoms with Gasteiger partial charge >= 0.3 is 0 Å². The zero-order valence-corrected chi connectivity index (χ0v) is 12.9. The Labute approximate surface area is 133 Å². The molecule has 5 nitrogen and oxygen atoms in total. The van der Waals surface area contributed by atoms with Gasteiger partial charge in [0.25, 0.3) is 5.56 Å². The van der Waals surface area contributed by atoms with Crippen LogP contribution in [0.1, 0.15) is 42.5 Å². The SMILES string of the molecule is COc1ccc(C(O)Cn2cnc(C3CCC3)cc2=O)cc1F. The molecule has 0 radical (unpaired) electrons. The van der Waals surface area contributed by atoms with E-state index in [9.17, 15) is 14.3 Å². The standard InChI is InChI=1S/C17H19FN2O3/c1-23-16-6-5-12(7-13(16)18)15(21)9-20-10-19-14(8-17(20)22)11-3-2-4-11/h5-8,10-11,15,21H,2-4,9H2,1H3. The van der Waals surface area contributed by atoms with E-state index in [-0.39, 0.29) is 17.9 Å². The monoisotopic (exact) mass is 318 g/mol. The van der Waals surface area contributed by atoms with Crippen LogP contribution in [0.25, 0.3) is 0 Å². The topological polar surface area (TPSA) is 64.3 Å². The second-order valence-electron chi connectivity index (χ2n) is 5.84. The molecule has 1 fully saturated rings. The Bertz CT molecular complexity index is 756. The van der Waals surface area contributed by atoms with Crippen LogP contribution in [0.15, 0.2) is 35.4 Å². The lowest BCUT2D eigenvalue weighted by Crippen LogP contribution is -2.25. The van der Waals surface area contributed by atoms with Gasteiger partial charge < -0.3 is 9.84 Å². The highest BCUT2D eigenvalue weighted by Crippen LogP contribution is 2.34. The average molecular weight is 318 g/mol. The molecule has 23 heavy (non-hydrogen) atoms. The van der Waals surface area contributed by atoms with Crippen LogP contribution in [-0.4, -0.2) is 21.8 Å². The summed E-state index contributed by atoms with van der Waals surface area (Å²) in [5, 5.41) is 10.2. The van der Waals surface area contributed by atoms with Crippen LogP contribution in [0.2, 0.25) is 0 Å². The van der Waals surface area contributed by atoms with Crippen molar-refractivity contribution in [3.05, 3.63) is 58.0 Å². The zero-order chi connectivity index (χ0) is 16.4. The highest BCUT2D eigenvalue weighted by atomic mass is 19.1. The summed E-state index contributed by atoms with van der Waals surface area (Å²) in [6.07, 6.45) is 3.79. The number of aliphatic hydroxyl groups is 1. The molecule has 0 aliphatic heterocycles. The van der Waals surface area contributed by atoms with Gasteiger partial charge in [0.05, 0.1) is 31.8 Å². The summed E-state index contributed by atoms with van der Waals surface area (Å²) in [5.41, 5.74) is 1.01. The molecule has 0 amide bonds. The Morgan fingerprint density at radius 1 is 1.43 bits per heavy atom. The van der Waals surface area contributed by atoms with E-state index in [0.29, 0.717) is 11.5 Å². The van der Waals surface area contributed by atoms with Crippen molar-refractivity contribution in [2.45, 2.75) is 37.8 Å². The molecule has 1 aromatic carbocycles. The first-order valence-electron chi connectivity index (χ1n) is 7.66. The maximum Gasteiger partial charge on any atom is 0.253 e. The van der Waals surface area contributed by atoms with E-state index in [1.165, 1.54) is 42.6 Å². The molecule has 1 aromatic heterocycles. The molecule has 0 spiro atoms. The van der Waals surface area contributed by atoms with Gasteiger partial charge in [-0.1, -0.05) is 12.5 Å². The first-order chi connectivity index (χ1) is 11.1. The predicted octanol–water partition coefficient (Wildman–Crippen LogP) is 2.39. The van der Waals surface area contributed by atoms with E-state index in [4.69, 9.17) is 4.74 Å². The molecule has 2 aromatic rings. The number of benzene rings is 1. The Kier molecular flexibility index (Phi) is 4.43. The van der Waals surface area contributed by atoms with Crippen molar-refractivity contribution in [2.75, 3.05) is 7.11 Å². The Balaban J connectivity index is 1.75. The smallest absolute Gasteiger partial charge is 0.253 e. The summed E-state index contributed by atoms with van der Waals surface area (Å²) < 4.78 is 19.9. The molecular weight excluding hydrogens is 299 g/mol. The fourth-order valence-electron chi connectivity index (χ4n) is 2.69. The molecule has 1 aliphatic carbocycles. The highest BCUT2D eigenvalue weighted by Gasteiger charge is 2.21. The number of aromatic nitrogens is 2. The van der Waals surface area contributed by atoms with E-state index in [1.54, 1.807) is 6.07 Å².